The van der Waals surface area contributed by atoms with E-state index < -0.39 is 0 Å². The van der Waals surface area contributed by atoms with Gasteiger partial charge in [-0.15, -0.1) is 0 Å². The van der Waals surface area contributed by atoms with E-state index in [1.165, 1.54) is 0 Å². The third-order valence-corrected chi connectivity index (χ3v) is 1.96. The molecular formula is C8H6BrN3. The molecule has 0 aliphatic rings. The van der Waals surface area contributed by atoms with Crippen LogP contribution in [0.3, 0.4) is 0 Å². The Labute approximate surface area is 77.8 Å². The van der Waals surface area contributed by atoms with E-state index in [9.17, 15) is 0 Å². The number of pyridine rings is 2. The van der Waals surface area contributed by atoms with Gasteiger partial charge in [-0.3, -0.25) is 0 Å². The van der Waals surface area contributed by atoms with Gasteiger partial charge >= 0.3 is 0 Å². The summed E-state index contributed by atoms with van der Waals surface area (Å²) in [5, 5.41) is 0.985. The second-order valence-electron chi connectivity index (χ2n) is 2.44. The second kappa shape index (κ2) is 2.71. The molecule has 0 saturated carbocycles. The fraction of sp³-hybridized carbons (Fsp3) is 0. The van der Waals surface area contributed by atoms with Crippen molar-refractivity contribution in [1.82, 2.24) is 9.97 Å². The number of rotatable bonds is 0. The van der Waals surface area contributed by atoms with E-state index in [4.69, 9.17) is 5.73 Å². The molecule has 0 aromatic carbocycles. The van der Waals surface area contributed by atoms with E-state index in [1.807, 2.05) is 12.1 Å². The zero-order chi connectivity index (χ0) is 8.55. The Balaban J connectivity index is 2.79. The summed E-state index contributed by atoms with van der Waals surface area (Å²) >= 11 is 3.33. The van der Waals surface area contributed by atoms with Crippen molar-refractivity contribution in [2.24, 2.45) is 0 Å². The van der Waals surface area contributed by atoms with Gasteiger partial charge in [0.2, 0.25) is 0 Å². The largest absolute Gasteiger partial charge is 0.384 e. The zero-order valence-corrected chi connectivity index (χ0v) is 7.75. The van der Waals surface area contributed by atoms with Gasteiger partial charge in [-0.05, 0) is 34.1 Å². The lowest BCUT2D eigenvalue weighted by molar-refractivity contribution is 1.28. The van der Waals surface area contributed by atoms with Gasteiger partial charge in [-0.2, -0.15) is 0 Å². The number of nitrogens with two attached hydrogens (primary N) is 1. The molecule has 2 aromatic rings. The lowest BCUT2D eigenvalue weighted by Gasteiger charge is -1.97. The molecule has 0 aliphatic heterocycles. The van der Waals surface area contributed by atoms with E-state index in [1.54, 1.807) is 12.3 Å². The number of hydrogen-bond donors (Lipinski definition) is 1. The van der Waals surface area contributed by atoms with Crippen LogP contribution >= 0.6 is 15.9 Å². The van der Waals surface area contributed by atoms with Crippen LogP contribution in [0.25, 0.3) is 11.0 Å². The smallest absolute Gasteiger partial charge is 0.161 e. The SMILES string of the molecule is Nc1ccc2cc(Br)cnc2n1. The van der Waals surface area contributed by atoms with E-state index in [2.05, 4.69) is 25.9 Å². The van der Waals surface area contributed by atoms with E-state index in [0.29, 0.717) is 11.5 Å². The summed E-state index contributed by atoms with van der Waals surface area (Å²) in [6.07, 6.45) is 1.70. The number of nitrogens with zero attached hydrogens (tertiary/aromatic N) is 2. The molecule has 2 N–H and O–H groups in total. The summed E-state index contributed by atoms with van der Waals surface area (Å²) in [5.41, 5.74) is 6.18. The monoisotopic (exact) mass is 223 g/mol. The van der Waals surface area contributed by atoms with Gasteiger partial charge in [0.05, 0.1) is 0 Å². The Morgan fingerprint density at radius 2 is 2.17 bits per heavy atom. The van der Waals surface area contributed by atoms with Crippen LogP contribution < -0.4 is 5.73 Å². The van der Waals surface area contributed by atoms with Gasteiger partial charge in [-0.1, -0.05) is 0 Å². The molecule has 2 rings (SSSR count). The molecule has 4 heteroatoms. The molecule has 0 radical (unpaired) electrons. The number of hydrogen-bond acceptors (Lipinski definition) is 3. The van der Waals surface area contributed by atoms with Gasteiger partial charge < -0.3 is 5.73 Å². The normalized spacial score (nSPS) is 10.4. The van der Waals surface area contributed by atoms with E-state index >= 15 is 0 Å². The van der Waals surface area contributed by atoms with Crippen LogP contribution in [0.15, 0.2) is 28.9 Å². The Kier molecular flexibility index (Phi) is 1.69. The van der Waals surface area contributed by atoms with Crippen molar-refractivity contribution < 1.29 is 0 Å². The van der Waals surface area contributed by atoms with Crippen LogP contribution in [0.1, 0.15) is 0 Å². The summed E-state index contributed by atoms with van der Waals surface area (Å²) < 4.78 is 0.946. The van der Waals surface area contributed by atoms with Crippen LogP contribution in [0.4, 0.5) is 5.82 Å². The van der Waals surface area contributed by atoms with Crippen molar-refractivity contribution in [3.8, 4) is 0 Å². The van der Waals surface area contributed by atoms with E-state index in [-0.39, 0.29) is 0 Å². The van der Waals surface area contributed by atoms with Gasteiger partial charge in [-0.25, -0.2) is 9.97 Å². The first-order chi connectivity index (χ1) is 5.75. The van der Waals surface area contributed by atoms with Gasteiger partial charge in [0.15, 0.2) is 5.65 Å². The van der Waals surface area contributed by atoms with Crippen LogP contribution in [0, 0.1) is 0 Å². The molecule has 0 fully saturated rings. The Bertz CT molecular complexity index is 386. The highest BCUT2D eigenvalue weighted by molar-refractivity contribution is 9.10. The zero-order valence-electron chi connectivity index (χ0n) is 6.16. The Hall–Kier alpha value is -1.16. The molecule has 60 valence electrons. The molecule has 12 heavy (non-hydrogen) atoms. The molecule has 2 aromatic heterocycles. The summed E-state index contributed by atoms with van der Waals surface area (Å²) in [7, 11) is 0. The molecule has 0 amide bonds. The van der Waals surface area contributed by atoms with Crippen molar-refractivity contribution in [1.29, 1.82) is 0 Å². The Morgan fingerprint density at radius 1 is 1.33 bits per heavy atom. The minimum atomic E-state index is 0.498. The molecule has 0 bridgehead atoms. The average Bonchev–Trinajstić information content (AvgIpc) is 2.05. The maximum Gasteiger partial charge on any atom is 0.161 e. The molecule has 0 saturated heterocycles. The first-order valence-corrected chi connectivity index (χ1v) is 4.23. The third kappa shape index (κ3) is 1.25. The molecule has 2 heterocycles. The third-order valence-electron chi connectivity index (χ3n) is 1.53. The van der Waals surface area contributed by atoms with Crippen molar-refractivity contribution in [3.63, 3.8) is 0 Å². The first kappa shape index (κ1) is 7.49. The summed E-state index contributed by atoms with van der Waals surface area (Å²) in [6.45, 7) is 0. The summed E-state index contributed by atoms with van der Waals surface area (Å²) in [5.74, 6) is 0.498. The second-order valence-corrected chi connectivity index (χ2v) is 3.35. The first-order valence-electron chi connectivity index (χ1n) is 3.43. The van der Waals surface area contributed by atoms with Gasteiger partial charge in [0.25, 0.3) is 0 Å². The highest BCUT2D eigenvalue weighted by Crippen LogP contribution is 2.16. The molecular weight excluding hydrogens is 218 g/mol. The highest BCUT2D eigenvalue weighted by Gasteiger charge is 1.96. The van der Waals surface area contributed by atoms with Crippen molar-refractivity contribution in [3.05, 3.63) is 28.9 Å². The van der Waals surface area contributed by atoms with Crippen molar-refractivity contribution in [2.45, 2.75) is 0 Å². The molecule has 0 unspecified atom stereocenters. The molecule has 0 spiro atoms. The summed E-state index contributed by atoms with van der Waals surface area (Å²) in [6, 6.07) is 5.61. The number of anilines is 1. The van der Waals surface area contributed by atoms with Crippen molar-refractivity contribution in [2.75, 3.05) is 5.73 Å². The molecule has 0 atom stereocenters. The predicted octanol–water partition coefficient (Wildman–Crippen LogP) is 1.97. The van der Waals surface area contributed by atoms with E-state index in [0.717, 1.165) is 9.86 Å². The Morgan fingerprint density at radius 3 is 3.00 bits per heavy atom. The van der Waals surface area contributed by atoms with Crippen LogP contribution in [-0.2, 0) is 0 Å². The number of halogens is 1. The average molecular weight is 224 g/mol. The maximum atomic E-state index is 5.50. The predicted molar refractivity (Wildman–Crippen MR) is 51.7 cm³/mol. The molecule has 3 nitrogen and oxygen atoms in total. The quantitative estimate of drug-likeness (QED) is 0.744. The minimum Gasteiger partial charge on any atom is -0.384 e. The van der Waals surface area contributed by atoms with Crippen LogP contribution in [0.2, 0.25) is 0 Å². The lowest BCUT2D eigenvalue weighted by Crippen LogP contribution is -1.91. The molecule has 0 aliphatic carbocycles. The van der Waals surface area contributed by atoms with Gasteiger partial charge in [0, 0.05) is 16.1 Å². The lowest BCUT2D eigenvalue weighted by atomic mass is 10.3. The standard InChI is InChI=1S/C8H6BrN3/c9-6-3-5-1-2-7(10)12-8(5)11-4-6/h1-4H,(H2,10,11,12). The number of aromatic nitrogens is 2. The van der Waals surface area contributed by atoms with Gasteiger partial charge in [0.1, 0.15) is 5.82 Å². The fourth-order valence-corrected chi connectivity index (χ4v) is 1.35. The number of fused-ring (bicyclic) bond motifs is 1. The van der Waals surface area contributed by atoms with Crippen LogP contribution in [-0.4, -0.2) is 9.97 Å². The topological polar surface area (TPSA) is 51.8 Å². The van der Waals surface area contributed by atoms with Crippen molar-refractivity contribution >= 4 is 32.8 Å². The minimum absolute atomic E-state index is 0.498. The highest BCUT2D eigenvalue weighted by atomic mass is 79.9. The van der Waals surface area contributed by atoms with Crippen LogP contribution in [0.5, 0.6) is 0 Å². The maximum absolute atomic E-state index is 5.50. The number of nitrogen functional groups attached to an aromatic ring is 1. The fourth-order valence-electron chi connectivity index (χ4n) is 0.998. The summed E-state index contributed by atoms with van der Waals surface area (Å²) in [4.78, 5) is 8.17.